The quantitative estimate of drug-likeness (QED) is 0.638. The van der Waals surface area contributed by atoms with Gasteiger partial charge in [0.15, 0.2) is 0 Å². The van der Waals surface area contributed by atoms with E-state index in [1.165, 1.54) is 7.11 Å². The van der Waals surface area contributed by atoms with Crippen LogP contribution in [0, 0.1) is 0 Å². The topological polar surface area (TPSA) is 22.1 Å². The van der Waals surface area contributed by atoms with Crippen LogP contribution in [-0.2, 0) is 6.18 Å². The van der Waals surface area contributed by atoms with Gasteiger partial charge in [-0.2, -0.15) is 13.2 Å². The lowest BCUT2D eigenvalue weighted by Gasteiger charge is -2.12. The largest absolute Gasteiger partial charge is 0.497 e. The highest BCUT2D eigenvalue weighted by Gasteiger charge is 2.31. The number of rotatable bonds is 3. The molecule has 0 aliphatic heterocycles. The van der Waals surface area contributed by atoms with Crippen molar-refractivity contribution >= 4 is 0 Å². The highest BCUT2D eigenvalue weighted by Crippen LogP contribution is 2.34. The minimum absolute atomic E-state index is 0.270. The normalized spacial score (nSPS) is 11.3. The van der Waals surface area contributed by atoms with E-state index < -0.39 is 11.7 Å². The smallest absolute Gasteiger partial charge is 0.416 e. The number of methoxy groups -OCH3 is 1. The van der Waals surface area contributed by atoms with Crippen molar-refractivity contribution in [1.82, 2.24) is 4.98 Å². The summed E-state index contributed by atoms with van der Waals surface area (Å²) in [4.78, 5) is 4.40. The van der Waals surface area contributed by atoms with E-state index in [-0.39, 0.29) is 11.4 Å². The Kier molecular flexibility index (Phi) is 4.25. The van der Waals surface area contributed by atoms with Gasteiger partial charge in [0.2, 0.25) is 0 Å². The van der Waals surface area contributed by atoms with E-state index in [2.05, 4.69) is 4.98 Å². The van der Waals surface area contributed by atoms with Crippen LogP contribution >= 0.6 is 0 Å². The molecule has 0 saturated heterocycles. The third kappa shape index (κ3) is 3.40. The maximum absolute atomic E-state index is 13.3. The number of nitrogens with zero attached hydrogens (tertiary/aromatic N) is 1. The van der Waals surface area contributed by atoms with E-state index in [1.54, 1.807) is 48.5 Å². The zero-order valence-electron chi connectivity index (χ0n) is 12.8. The molecule has 0 unspecified atom stereocenters. The minimum atomic E-state index is -4.44. The van der Waals surface area contributed by atoms with Gasteiger partial charge in [-0.05, 0) is 36.4 Å². The zero-order valence-corrected chi connectivity index (χ0v) is 12.8. The van der Waals surface area contributed by atoms with Crippen LogP contribution in [0.4, 0.5) is 13.2 Å². The molecule has 5 heteroatoms. The number of aromatic nitrogens is 1. The van der Waals surface area contributed by atoms with E-state index >= 15 is 0 Å². The molecular weight excluding hydrogens is 315 g/mol. The third-order valence-electron chi connectivity index (χ3n) is 3.61. The fraction of sp³-hybridized carbons (Fsp3) is 0.105. The summed E-state index contributed by atoms with van der Waals surface area (Å²) < 4.78 is 44.8. The van der Waals surface area contributed by atoms with Crippen LogP contribution in [0.5, 0.6) is 5.75 Å². The molecule has 3 rings (SSSR count). The molecule has 0 saturated carbocycles. The molecule has 3 aromatic rings. The number of ether oxygens (including phenoxy) is 1. The van der Waals surface area contributed by atoms with Gasteiger partial charge >= 0.3 is 6.18 Å². The van der Waals surface area contributed by atoms with Crippen LogP contribution < -0.4 is 4.74 Å². The van der Waals surface area contributed by atoms with E-state index in [0.717, 1.165) is 12.1 Å². The minimum Gasteiger partial charge on any atom is -0.497 e. The number of hydrogen-bond acceptors (Lipinski definition) is 2. The van der Waals surface area contributed by atoms with Gasteiger partial charge in [0.1, 0.15) is 5.75 Å². The first-order chi connectivity index (χ1) is 11.5. The summed E-state index contributed by atoms with van der Waals surface area (Å²) in [6.45, 7) is 0. The Labute approximate surface area is 137 Å². The molecule has 0 spiro atoms. The molecule has 0 radical (unpaired) electrons. The van der Waals surface area contributed by atoms with Crippen LogP contribution in [0.25, 0.3) is 22.5 Å². The highest BCUT2D eigenvalue weighted by molar-refractivity contribution is 5.68. The molecule has 1 aromatic heterocycles. The van der Waals surface area contributed by atoms with Crippen LogP contribution in [-0.4, -0.2) is 12.1 Å². The summed E-state index contributed by atoms with van der Waals surface area (Å²) in [7, 11) is 1.53. The molecule has 0 aliphatic carbocycles. The van der Waals surface area contributed by atoms with Crippen molar-refractivity contribution in [2.45, 2.75) is 6.18 Å². The van der Waals surface area contributed by atoms with Gasteiger partial charge in [0, 0.05) is 11.1 Å². The van der Waals surface area contributed by atoms with Gasteiger partial charge in [-0.25, -0.2) is 4.98 Å². The number of alkyl halides is 3. The Hall–Kier alpha value is -2.82. The van der Waals surface area contributed by atoms with Crippen LogP contribution in [0.1, 0.15) is 5.56 Å². The van der Waals surface area contributed by atoms with E-state index in [0.29, 0.717) is 16.9 Å². The molecule has 0 amide bonds. The average Bonchev–Trinajstić information content (AvgIpc) is 2.61. The van der Waals surface area contributed by atoms with Crippen molar-refractivity contribution in [2.24, 2.45) is 0 Å². The van der Waals surface area contributed by atoms with Crippen molar-refractivity contribution in [3.63, 3.8) is 0 Å². The Morgan fingerprint density at radius 2 is 1.33 bits per heavy atom. The number of halogens is 3. The van der Waals surface area contributed by atoms with Gasteiger partial charge in [0.25, 0.3) is 0 Å². The third-order valence-corrected chi connectivity index (χ3v) is 3.61. The first-order valence-corrected chi connectivity index (χ1v) is 7.26. The molecule has 0 aliphatic rings. The predicted octanol–water partition coefficient (Wildman–Crippen LogP) is 5.44. The summed E-state index contributed by atoms with van der Waals surface area (Å²) in [5.41, 5.74) is 1.07. The summed E-state index contributed by atoms with van der Waals surface area (Å²) in [5, 5.41) is 0. The number of pyridine rings is 1. The summed E-state index contributed by atoms with van der Waals surface area (Å²) >= 11 is 0. The lowest BCUT2D eigenvalue weighted by atomic mass is 10.0. The Balaban J connectivity index is 2.14. The Morgan fingerprint density at radius 1 is 0.792 bits per heavy atom. The second-order valence-electron chi connectivity index (χ2n) is 5.22. The van der Waals surface area contributed by atoms with E-state index in [4.69, 9.17) is 4.74 Å². The molecule has 2 aromatic carbocycles. The molecule has 122 valence electrons. The molecule has 0 fully saturated rings. The zero-order chi connectivity index (χ0) is 17.2. The van der Waals surface area contributed by atoms with Crippen LogP contribution in [0.2, 0.25) is 0 Å². The lowest BCUT2D eigenvalue weighted by Crippen LogP contribution is -2.06. The maximum Gasteiger partial charge on any atom is 0.416 e. The fourth-order valence-corrected chi connectivity index (χ4v) is 2.36. The standard InChI is InChI=1S/C19H14F3NO/c1-24-16-9-7-14(8-10-16)18-12-15(19(20,21)22)11-17(23-18)13-5-3-2-4-6-13/h2-12H,1H3. The lowest BCUT2D eigenvalue weighted by molar-refractivity contribution is -0.137. The van der Waals surface area contributed by atoms with Gasteiger partial charge in [-0.1, -0.05) is 30.3 Å². The van der Waals surface area contributed by atoms with Crippen LogP contribution in [0.15, 0.2) is 66.7 Å². The van der Waals surface area contributed by atoms with Crippen molar-refractivity contribution in [3.8, 4) is 28.3 Å². The molecule has 0 atom stereocenters. The second kappa shape index (κ2) is 6.35. The molecule has 2 nitrogen and oxygen atoms in total. The molecular formula is C19H14F3NO. The molecule has 0 bridgehead atoms. The number of hydrogen-bond donors (Lipinski definition) is 0. The average molecular weight is 329 g/mol. The first kappa shape index (κ1) is 16.1. The predicted molar refractivity (Wildman–Crippen MR) is 86.7 cm³/mol. The summed E-state index contributed by atoms with van der Waals surface area (Å²) in [6, 6.07) is 17.7. The molecule has 24 heavy (non-hydrogen) atoms. The van der Waals surface area contributed by atoms with Crippen LogP contribution in [0.3, 0.4) is 0 Å². The monoisotopic (exact) mass is 329 g/mol. The molecule has 0 N–H and O–H groups in total. The Bertz CT molecular complexity index is 827. The fourth-order valence-electron chi connectivity index (χ4n) is 2.36. The highest BCUT2D eigenvalue weighted by atomic mass is 19.4. The van der Waals surface area contributed by atoms with E-state index in [1.807, 2.05) is 6.07 Å². The summed E-state index contributed by atoms with van der Waals surface area (Å²) in [6.07, 6.45) is -4.44. The Morgan fingerprint density at radius 3 is 1.83 bits per heavy atom. The van der Waals surface area contributed by atoms with Crippen molar-refractivity contribution in [1.29, 1.82) is 0 Å². The van der Waals surface area contributed by atoms with Gasteiger partial charge in [-0.15, -0.1) is 0 Å². The van der Waals surface area contributed by atoms with E-state index in [9.17, 15) is 13.2 Å². The van der Waals surface area contributed by atoms with Crippen molar-refractivity contribution in [2.75, 3.05) is 7.11 Å². The van der Waals surface area contributed by atoms with Gasteiger partial charge in [-0.3, -0.25) is 0 Å². The van der Waals surface area contributed by atoms with Gasteiger partial charge < -0.3 is 4.74 Å². The van der Waals surface area contributed by atoms with Crippen molar-refractivity contribution in [3.05, 3.63) is 72.3 Å². The summed E-state index contributed by atoms with van der Waals surface area (Å²) in [5.74, 6) is 0.633. The molecule has 1 heterocycles. The SMILES string of the molecule is COc1ccc(-c2cc(C(F)(F)F)cc(-c3ccccc3)n2)cc1. The first-order valence-electron chi connectivity index (χ1n) is 7.26. The number of benzene rings is 2. The maximum atomic E-state index is 13.3. The van der Waals surface area contributed by atoms with Gasteiger partial charge in [0.05, 0.1) is 24.1 Å². The van der Waals surface area contributed by atoms with Crippen molar-refractivity contribution < 1.29 is 17.9 Å². The second-order valence-corrected chi connectivity index (χ2v) is 5.22.